The Morgan fingerprint density at radius 1 is 1.44 bits per heavy atom. The average molecular weight is 245 g/mol. The first-order chi connectivity index (χ1) is 8.74. The fourth-order valence-corrected chi connectivity index (χ4v) is 2.44. The lowest BCUT2D eigenvalue weighted by molar-refractivity contribution is -0.141. The lowest BCUT2D eigenvalue weighted by Crippen LogP contribution is -2.22. The Kier molecular flexibility index (Phi) is 3.85. The molecule has 0 aliphatic heterocycles. The topological polar surface area (TPSA) is 75.1 Å². The molecular weight excluding hydrogens is 230 g/mol. The summed E-state index contributed by atoms with van der Waals surface area (Å²) in [4.78, 5) is 13.6. The van der Waals surface area contributed by atoms with Gasteiger partial charge in [0.15, 0.2) is 0 Å². The highest BCUT2D eigenvalue weighted by Gasteiger charge is 2.35. The normalized spacial score (nSPS) is 20.3. The zero-order chi connectivity index (χ0) is 13.0. The molecule has 1 aromatic rings. The highest BCUT2D eigenvalue weighted by Crippen LogP contribution is 2.49. The van der Waals surface area contributed by atoms with Crippen LogP contribution in [0.4, 0.5) is 0 Å². The molecule has 0 fully saturated rings. The molecule has 0 heterocycles. The first-order valence-electron chi connectivity index (χ1n) is 6.00. The predicted molar refractivity (Wildman–Crippen MR) is 66.9 cm³/mol. The predicted octanol–water partition coefficient (Wildman–Crippen LogP) is 3.48. The molecular formula is C13H15N3O2. The van der Waals surface area contributed by atoms with Gasteiger partial charge in [0.1, 0.15) is 0 Å². The number of rotatable bonds is 5. The van der Waals surface area contributed by atoms with Crippen LogP contribution in [0.3, 0.4) is 0 Å². The largest absolute Gasteiger partial charge is 0.466 e. The molecule has 2 atom stereocenters. The van der Waals surface area contributed by atoms with Crippen molar-refractivity contribution in [2.45, 2.75) is 31.7 Å². The molecule has 0 saturated heterocycles. The minimum absolute atomic E-state index is 0.0662. The lowest BCUT2D eigenvalue weighted by Gasteiger charge is -2.36. The number of carbonyl (C=O) groups is 1. The van der Waals surface area contributed by atoms with Gasteiger partial charge in [-0.05, 0) is 35.4 Å². The number of fused-ring (bicyclic) bond motifs is 1. The molecule has 1 aromatic carbocycles. The number of hydrogen-bond donors (Lipinski definition) is 0. The van der Waals surface area contributed by atoms with E-state index < -0.39 is 0 Å². The van der Waals surface area contributed by atoms with E-state index in [1.54, 1.807) is 0 Å². The van der Waals surface area contributed by atoms with E-state index in [1.165, 1.54) is 12.5 Å². The SMILES string of the molecule is CC(=O)OCCC[C@H]1c2ccccc2[C@H]1N=[N+]=[N-]. The fraction of sp³-hybridized carbons (Fsp3) is 0.462. The van der Waals surface area contributed by atoms with E-state index in [-0.39, 0.29) is 17.9 Å². The summed E-state index contributed by atoms with van der Waals surface area (Å²) in [5.74, 6) is 0.00302. The van der Waals surface area contributed by atoms with Crippen molar-refractivity contribution in [3.63, 3.8) is 0 Å². The van der Waals surface area contributed by atoms with Crippen molar-refractivity contribution in [2.75, 3.05) is 6.61 Å². The van der Waals surface area contributed by atoms with E-state index >= 15 is 0 Å². The van der Waals surface area contributed by atoms with E-state index in [0.29, 0.717) is 6.61 Å². The van der Waals surface area contributed by atoms with Gasteiger partial charge >= 0.3 is 5.97 Å². The Balaban J connectivity index is 1.96. The van der Waals surface area contributed by atoms with Crippen LogP contribution >= 0.6 is 0 Å². The van der Waals surface area contributed by atoms with E-state index in [4.69, 9.17) is 10.3 Å². The van der Waals surface area contributed by atoms with E-state index in [2.05, 4.69) is 16.1 Å². The second kappa shape index (κ2) is 5.56. The van der Waals surface area contributed by atoms with Crippen LogP contribution in [-0.2, 0) is 9.53 Å². The quantitative estimate of drug-likeness (QED) is 0.262. The molecule has 1 aliphatic carbocycles. The number of azide groups is 1. The third-order valence-electron chi connectivity index (χ3n) is 3.24. The van der Waals surface area contributed by atoms with E-state index in [1.807, 2.05) is 18.2 Å². The third kappa shape index (κ3) is 2.46. The van der Waals surface area contributed by atoms with Crippen molar-refractivity contribution in [2.24, 2.45) is 5.11 Å². The van der Waals surface area contributed by atoms with Crippen LogP contribution in [0.25, 0.3) is 10.4 Å². The molecule has 0 aromatic heterocycles. The molecule has 0 unspecified atom stereocenters. The summed E-state index contributed by atoms with van der Waals surface area (Å²) in [5.41, 5.74) is 10.9. The summed E-state index contributed by atoms with van der Waals surface area (Å²) in [6, 6.07) is 7.94. The Hall–Kier alpha value is -2.00. The number of hydrogen-bond acceptors (Lipinski definition) is 3. The van der Waals surface area contributed by atoms with Crippen molar-refractivity contribution >= 4 is 5.97 Å². The summed E-state index contributed by atoms with van der Waals surface area (Å²) in [6.45, 7) is 1.83. The molecule has 18 heavy (non-hydrogen) atoms. The van der Waals surface area contributed by atoms with Crippen LogP contribution in [0.15, 0.2) is 29.4 Å². The van der Waals surface area contributed by atoms with Crippen molar-refractivity contribution in [1.82, 2.24) is 0 Å². The number of benzene rings is 1. The Bertz CT molecular complexity index is 495. The highest BCUT2D eigenvalue weighted by molar-refractivity contribution is 5.65. The van der Waals surface area contributed by atoms with Gasteiger partial charge in [0.05, 0.1) is 12.6 Å². The van der Waals surface area contributed by atoms with Crippen LogP contribution in [0.1, 0.15) is 42.9 Å². The lowest BCUT2D eigenvalue weighted by atomic mass is 9.71. The van der Waals surface area contributed by atoms with Crippen LogP contribution in [-0.4, -0.2) is 12.6 Å². The van der Waals surface area contributed by atoms with Crippen molar-refractivity contribution < 1.29 is 9.53 Å². The third-order valence-corrected chi connectivity index (χ3v) is 3.24. The van der Waals surface area contributed by atoms with Gasteiger partial charge in [0.2, 0.25) is 0 Å². The molecule has 5 nitrogen and oxygen atoms in total. The molecule has 0 radical (unpaired) electrons. The minimum Gasteiger partial charge on any atom is -0.466 e. The highest BCUT2D eigenvalue weighted by atomic mass is 16.5. The van der Waals surface area contributed by atoms with Crippen molar-refractivity contribution in [1.29, 1.82) is 0 Å². The van der Waals surface area contributed by atoms with Crippen LogP contribution < -0.4 is 0 Å². The van der Waals surface area contributed by atoms with Crippen LogP contribution in [0.2, 0.25) is 0 Å². The second-order valence-electron chi connectivity index (χ2n) is 4.37. The van der Waals surface area contributed by atoms with Gasteiger partial charge in [-0.25, -0.2) is 0 Å². The molecule has 0 spiro atoms. The first-order valence-corrected chi connectivity index (χ1v) is 6.00. The molecule has 2 rings (SSSR count). The van der Waals surface area contributed by atoms with Gasteiger partial charge in [-0.1, -0.05) is 29.4 Å². The fourth-order valence-electron chi connectivity index (χ4n) is 2.44. The smallest absolute Gasteiger partial charge is 0.302 e. The van der Waals surface area contributed by atoms with Gasteiger partial charge < -0.3 is 4.74 Å². The van der Waals surface area contributed by atoms with Crippen LogP contribution in [0.5, 0.6) is 0 Å². The molecule has 1 aliphatic rings. The zero-order valence-corrected chi connectivity index (χ0v) is 10.2. The molecule has 0 saturated carbocycles. The monoisotopic (exact) mass is 245 g/mol. The number of nitrogens with zero attached hydrogens (tertiary/aromatic N) is 3. The van der Waals surface area contributed by atoms with Gasteiger partial charge in [-0.15, -0.1) is 0 Å². The zero-order valence-electron chi connectivity index (χ0n) is 10.2. The average Bonchev–Trinajstić information content (AvgIpc) is 2.35. The number of carbonyl (C=O) groups excluding carboxylic acids is 1. The van der Waals surface area contributed by atoms with Crippen LogP contribution in [0, 0.1) is 0 Å². The summed E-state index contributed by atoms with van der Waals surface area (Å²) >= 11 is 0. The molecule has 0 N–H and O–H groups in total. The summed E-state index contributed by atoms with van der Waals surface area (Å²) in [5, 5.41) is 3.84. The number of ether oxygens (including phenoxy) is 1. The summed E-state index contributed by atoms with van der Waals surface area (Å²) < 4.78 is 4.90. The maximum atomic E-state index is 10.6. The standard InChI is InChI=1S/C13H15N3O2/c1-9(17)18-8-4-7-12-10-5-2-3-6-11(10)13(12)15-16-14/h2-3,5-6,12-13H,4,7-8H2,1H3/t12-,13+/m0/s1. The first kappa shape index (κ1) is 12.5. The second-order valence-corrected chi connectivity index (χ2v) is 4.37. The van der Waals surface area contributed by atoms with Gasteiger partial charge in [0.25, 0.3) is 0 Å². The van der Waals surface area contributed by atoms with Gasteiger partial charge in [-0.2, -0.15) is 0 Å². The molecule has 5 heteroatoms. The maximum Gasteiger partial charge on any atom is 0.302 e. The summed E-state index contributed by atoms with van der Waals surface area (Å²) in [7, 11) is 0. The van der Waals surface area contributed by atoms with Crippen molar-refractivity contribution in [3.8, 4) is 0 Å². The Morgan fingerprint density at radius 2 is 2.17 bits per heavy atom. The number of esters is 1. The molecule has 94 valence electrons. The minimum atomic E-state index is -0.254. The van der Waals surface area contributed by atoms with Gasteiger partial charge in [-0.3, -0.25) is 4.79 Å². The van der Waals surface area contributed by atoms with Gasteiger partial charge in [0, 0.05) is 11.8 Å². The van der Waals surface area contributed by atoms with E-state index in [9.17, 15) is 4.79 Å². The molecule has 0 bridgehead atoms. The van der Waals surface area contributed by atoms with E-state index in [0.717, 1.165) is 18.4 Å². The Labute approximate surface area is 105 Å². The molecule has 0 amide bonds. The summed E-state index contributed by atoms with van der Waals surface area (Å²) in [6.07, 6.45) is 1.66. The maximum absolute atomic E-state index is 10.6. The Morgan fingerprint density at radius 3 is 2.83 bits per heavy atom. The van der Waals surface area contributed by atoms with Crippen molar-refractivity contribution in [3.05, 3.63) is 45.8 Å².